The van der Waals surface area contributed by atoms with E-state index >= 15 is 0 Å². The van der Waals surface area contributed by atoms with Crippen molar-refractivity contribution < 1.29 is 27.5 Å². The molecule has 2 aromatic rings. The van der Waals surface area contributed by atoms with Gasteiger partial charge in [0.25, 0.3) is 6.01 Å². The number of carboxylic acid groups (broad SMARTS) is 1. The fraction of sp³-hybridized carbons (Fsp3) is 0.600. The lowest BCUT2D eigenvalue weighted by atomic mass is 10.0. The number of benzene rings is 1. The second-order valence-electron chi connectivity index (χ2n) is 10.8. The Morgan fingerprint density at radius 1 is 1.16 bits per heavy atom. The molecule has 0 radical (unpaired) electrons. The molecule has 1 heterocycles. The maximum atomic E-state index is 13.1. The Morgan fingerprint density at radius 3 is 2.32 bits per heavy atom. The summed E-state index contributed by atoms with van der Waals surface area (Å²) in [7, 11) is 2.02. The summed E-state index contributed by atoms with van der Waals surface area (Å²) in [6.07, 6.45) is -0.0324. The van der Waals surface area contributed by atoms with Crippen LogP contribution >= 0.6 is 0 Å². The largest absolute Gasteiger partial charge is 0.465 e. The highest BCUT2D eigenvalue weighted by molar-refractivity contribution is 7.90. The van der Waals surface area contributed by atoms with Gasteiger partial charge in [-0.15, -0.1) is 0 Å². The number of nitrogens with zero attached hydrogens (tertiary/aromatic N) is 4. The fourth-order valence-corrected chi connectivity index (χ4v) is 4.49. The van der Waals surface area contributed by atoms with Gasteiger partial charge in [0.1, 0.15) is 15.9 Å². The Labute approximate surface area is 223 Å². The summed E-state index contributed by atoms with van der Waals surface area (Å²) < 4.78 is 29.0. The van der Waals surface area contributed by atoms with E-state index in [9.17, 15) is 27.9 Å². The Kier molecular flexibility index (Phi) is 9.89. The summed E-state index contributed by atoms with van der Waals surface area (Å²) in [4.78, 5) is 46.9. The van der Waals surface area contributed by atoms with Gasteiger partial charge in [-0.1, -0.05) is 6.07 Å². The van der Waals surface area contributed by atoms with Gasteiger partial charge in [0.05, 0.1) is 16.7 Å². The quantitative estimate of drug-likeness (QED) is 0.422. The first kappa shape index (κ1) is 31.0. The molecule has 38 heavy (non-hydrogen) atoms. The van der Waals surface area contributed by atoms with Gasteiger partial charge in [0, 0.05) is 38.5 Å². The third-order valence-electron chi connectivity index (χ3n) is 6.17. The SMILES string of the molecule is Cc1c(CN(C(=O)O)C(C)(C)C)ccc2nc(N[C@@H](CCS(C)(=O)=O)C(=O)N(C)CCN(C)C)oc(=O)c12. The molecule has 0 aliphatic carbocycles. The zero-order valence-electron chi connectivity index (χ0n) is 23.4. The van der Waals surface area contributed by atoms with E-state index in [1.165, 1.54) is 9.80 Å². The lowest BCUT2D eigenvalue weighted by molar-refractivity contribution is -0.130. The molecule has 0 bridgehead atoms. The Bertz CT molecular complexity index is 1330. The molecule has 0 fully saturated rings. The number of anilines is 1. The summed E-state index contributed by atoms with van der Waals surface area (Å²) >= 11 is 0. The van der Waals surface area contributed by atoms with Crippen LogP contribution in [0.25, 0.3) is 10.9 Å². The molecule has 13 heteroatoms. The van der Waals surface area contributed by atoms with Crippen LogP contribution in [0.2, 0.25) is 0 Å². The van der Waals surface area contributed by atoms with E-state index in [0.29, 0.717) is 29.7 Å². The van der Waals surface area contributed by atoms with E-state index in [0.717, 1.165) is 6.26 Å². The zero-order chi connectivity index (χ0) is 29.0. The van der Waals surface area contributed by atoms with Gasteiger partial charge in [-0.3, -0.25) is 9.69 Å². The van der Waals surface area contributed by atoms with E-state index in [-0.39, 0.29) is 36.0 Å². The number of nitrogens with one attached hydrogen (secondary N) is 1. The predicted molar refractivity (Wildman–Crippen MR) is 146 cm³/mol. The van der Waals surface area contributed by atoms with Crippen molar-refractivity contribution in [3.63, 3.8) is 0 Å². The first-order valence-corrected chi connectivity index (χ1v) is 14.2. The number of amides is 2. The highest BCUT2D eigenvalue weighted by atomic mass is 32.2. The van der Waals surface area contributed by atoms with Crippen LogP contribution in [0.4, 0.5) is 10.8 Å². The van der Waals surface area contributed by atoms with Crippen molar-refractivity contribution in [3.05, 3.63) is 33.7 Å². The molecule has 0 aliphatic rings. The molecule has 0 saturated heterocycles. The van der Waals surface area contributed by atoms with Crippen LogP contribution in [0.1, 0.15) is 38.3 Å². The molecule has 0 spiro atoms. The van der Waals surface area contributed by atoms with Crippen molar-refractivity contribution in [1.29, 1.82) is 0 Å². The van der Waals surface area contributed by atoms with Gasteiger partial charge in [-0.2, -0.15) is 4.98 Å². The molecule has 0 aliphatic heterocycles. The molecule has 1 atom stereocenters. The monoisotopic (exact) mass is 553 g/mol. The summed E-state index contributed by atoms with van der Waals surface area (Å²) in [5, 5.41) is 12.7. The zero-order valence-corrected chi connectivity index (χ0v) is 24.2. The highest BCUT2D eigenvalue weighted by Gasteiger charge is 2.28. The van der Waals surface area contributed by atoms with Crippen LogP contribution in [0.5, 0.6) is 0 Å². The molecule has 1 aromatic heterocycles. The van der Waals surface area contributed by atoms with Crippen LogP contribution in [0.3, 0.4) is 0 Å². The minimum atomic E-state index is -3.35. The van der Waals surface area contributed by atoms with Gasteiger partial charge in [0.2, 0.25) is 5.91 Å². The number of hydrogen-bond acceptors (Lipinski definition) is 9. The minimum absolute atomic E-state index is 0.0385. The Hall–Kier alpha value is -3.19. The normalized spacial score (nSPS) is 13.0. The number of aryl methyl sites for hydroxylation is 1. The first-order chi connectivity index (χ1) is 17.4. The number of carbonyl (C=O) groups is 2. The third-order valence-corrected chi connectivity index (χ3v) is 7.15. The van der Waals surface area contributed by atoms with Crippen LogP contribution in [-0.4, -0.2) is 103 Å². The second-order valence-corrected chi connectivity index (χ2v) is 13.0. The molecule has 0 saturated carbocycles. The van der Waals surface area contributed by atoms with Gasteiger partial charge >= 0.3 is 11.7 Å². The van der Waals surface area contributed by atoms with Crippen LogP contribution in [0, 0.1) is 6.92 Å². The van der Waals surface area contributed by atoms with Gasteiger partial charge in [-0.05, 0) is 65.4 Å². The lowest BCUT2D eigenvalue weighted by Crippen LogP contribution is -2.44. The number of carbonyl (C=O) groups excluding carboxylic acids is 1. The smallest absolute Gasteiger partial charge is 0.408 e. The number of aromatic nitrogens is 1. The van der Waals surface area contributed by atoms with Crippen molar-refractivity contribution >= 4 is 38.8 Å². The van der Waals surface area contributed by atoms with E-state index in [2.05, 4.69) is 10.3 Å². The maximum Gasteiger partial charge on any atom is 0.408 e. The topological polar surface area (TPSA) is 153 Å². The summed E-state index contributed by atoms with van der Waals surface area (Å²) in [6.45, 7) is 8.15. The average molecular weight is 554 g/mol. The van der Waals surface area contributed by atoms with Crippen LogP contribution in [0.15, 0.2) is 21.3 Å². The molecule has 212 valence electrons. The predicted octanol–water partition coefficient (Wildman–Crippen LogP) is 2.01. The summed E-state index contributed by atoms with van der Waals surface area (Å²) in [5.74, 6) is -0.603. The van der Waals surface area contributed by atoms with Crippen molar-refractivity contribution in [1.82, 2.24) is 19.7 Å². The minimum Gasteiger partial charge on any atom is -0.465 e. The molecular weight excluding hydrogens is 514 g/mol. The molecular formula is C25H39N5O7S. The number of rotatable bonds is 11. The molecule has 2 amide bonds. The fourth-order valence-electron chi connectivity index (χ4n) is 3.82. The van der Waals surface area contributed by atoms with Crippen LogP contribution in [-0.2, 0) is 21.2 Å². The van der Waals surface area contributed by atoms with Crippen molar-refractivity contribution in [3.8, 4) is 0 Å². The summed E-state index contributed by atoms with van der Waals surface area (Å²) in [6, 6.07) is 2.11. The average Bonchev–Trinajstić information content (AvgIpc) is 2.77. The van der Waals surface area contributed by atoms with Gasteiger partial charge < -0.3 is 24.6 Å². The molecule has 2 N–H and O–H groups in total. The molecule has 2 rings (SSSR count). The number of fused-ring (bicyclic) bond motifs is 1. The Balaban J connectivity index is 2.42. The number of hydrogen-bond donors (Lipinski definition) is 2. The van der Waals surface area contributed by atoms with E-state index in [1.807, 2.05) is 19.0 Å². The van der Waals surface area contributed by atoms with E-state index in [1.54, 1.807) is 46.9 Å². The second kappa shape index (κ2) is 12.1. The number of sulfone groups is 1. The standard InChI is InChI=1S/C25H39N5O7S/c1-16-17(15-30(24(33)34)25(2,3)4)9-10-18-20(16)22(32)37-23(26-18)27-19(11-14-38(8,35)36)21(31)29(7)13-12-28(5)6/h9-10,19H,11-15H2,1-8H3,(H,26,27)(H,33,34)/t19-/m0/s1. The Morgan fingerprint density at radius 2 is 1.79 bits per heavy atom. The van der Waals surface area contributed by atoms with Crippen molar-refractivity contribution in [2.75, 3.05) is 51.6 Å². The van der Waals surface area contributed by atoms with Crippen LogP contribution < -0.4 is 10.9 Å². The van der Waals surface area contributed by atoms with E-state index in [4.69, 9.17) is 4.42 Å². The lowest BCUT2D eigenvalue weighted by Gasteiger charge is -2.33. The molecule has 12 nitrogen and oxygen atoms in total. The maximum absolute atomic E-state index is 13.1. The first-order valence-electron chi connectivity index (χ1n) is 12.2. The molecule has 1 aromatic carbocycles. The van der Waals surface area contributed by atoms with Gasteiger partial charge in [0.15, 0.2) is 0 Å². The van der Waals surface area contributed by atoms with Crippen molar-refractivity contribution in [2.24, 2.45) is 0 Å². The van der Waals surface area contributed by atoms with E-state index < -0.39 is 33.1 Å². The number of likely N-dealkylation sites (N-methyl/N-ethyl adjacent to an activating group) is 2. The molecule has 0 unspecified atom stereocenters. The van der Waals surface area contributed by atoms with Gasteiger partial charge in [-0.25, -0.2) is 18.0 Å². The highest BCUT2D eigenvalue weighted by Crippen LogP contribution is 2.24. The summed E-state index contributed by atoms with van der Waals surface area (Å²) in [5.41, 5.74) is 0.117. The van der Waals surface area contributed by atoms with Crippen molar-refractivity contribution in [2.45, 2.75) is 52.2 Å². The third kappa shape index (κ3) is 8.42.